The van der Waals surface area contributed by atoms with Gasteiger partial charge in [0, 0.05) is 79.7 Å². The molecule has 0 bridgehead atoms. The summed E-state index contributed by atoms with van der Waals surface area (Å²) >= 11 is 6.66. The van der Waals surface area contributed by atoms with Crippen LogP contribution in [0.15, 0.2) is 84.0 Å². The molecule has 1 spiro atoms. The van der Waals surface area contributed by atoms with Crippen molar-refractivity contribution < 1.29 is 28.0 Å². The first-order valence-electron chi connectivity index (χ1n) is 21.9. The van der Waals surface area contributed by atoms with E-state index in [4.69, 9.17) is 16.3 Å². The number of anilines is 2. The number of hydrogen-bond acceptors (Lipinski definition) is 12. The Labute approximate surface area is 372 Å². The third-order valence-electron chi connectivity index (χ3n) is 13.7. The lowest BCUT2D eigenvalue weighted by Gasteiger charge is -2.52. The minimum absolute atomic E-state index is 0.0350. The van der Waals surface area contributed by atoms with Gasteiger partial charge in [-0.3, -0.25) is 19.8 Å². The number of amides is 1. The molecule has 4 aliphatic rings. The van der Waals surface area contributed by atoms with Crippen LogP contribution in [0.5, 0.6) is 11.5 Å². The highest BCUT2D eigenvalue weighted by molar-refractivity contribution is 7.90. The predicted octanol–water partition coefficient (Wildman–Crippen LogP) is 7.52. The first-order valence-corrected chi connectivity index (χ1v) is 23.8. The van der Waals surface area contributed by atoms with Gasteiger partial charge in [-0.1, -0.05) is 30.2 Å². The van der Waals surface area contributed by atoms with Gasteiger partial charge in [-0.25, -0.2) is 18.1 Å². The maximum Gasteiger partial charge on any atom is 0.293 e. The minimum Gasteiger partial charge on any atom is -0.455 e. The molecule has 15 nitrogen and oxygen atoms in total. The average molecular weight is 897 g/mol. The first kappa shape index (κ1) is 43.0. The van der Waals surface area contributed by atoms with E-state index in [-0.39, 0.29) is 35.1 Å². The van der Waals surface area contributed by atoms with E-state index in [1.807, 2.05) is 18.2 Å². The van der Waals surface area contributed by atoms with Gasteiger partial charge >= 0.3 is 0 Å². The smallest absolute Gasteiger partial charge is 0.293 e. The molecule has 1 atom stereocenters. The monoisotopic (exact) mass is 896 g/mol. The SMILES string of the molecule is O=C(NS(=O)(=O)c1ccc(NCC2CC3(CCN(CCO)CC3)C2)c([N+](=O)[O-])c1)c1ccc(N2CCN([C@@H]3CCCCc4c(Cl)cccc43)CC2)cc1Oc1cnc2[nH]ccc2c1. The second kappa shape index (κ2) is 18.1. The minimum atomic E-state index is -4.57. The van der Waals surface area contributed by atoms with Gasteiger partial charge in [0.2, 0.25) is 0 Å². The molecule has 4 heterocycles. The van der Waals surface area contributed by atoms with Crippen molar-refractivity contribution in [1.82, 2.24) is 24.5 Å². The van der Waals surface area contributed by atoms with Gasteiger partial charge in [-0.2, -0.15) is 0 Å². The number of nitro groups is 1. The Morgan fingerprint density at radius 3 is 2.60 bits per heavy atom. The van der Waals surface area contributed by atoms with E-state index in [1.54, 1.807) is 30.5 Å². The third kappa shape index (κ3) is 9.23. The van der Waals surface area contributed by atoms with Crippen molar-refractivity contribution >= 4 is 55.6 Å². The molecule has 2 aromatic heterocycles. The van der Waals surface area contributed by atoms with Gasteiger partial charge in [0.25, 0.3) is 21.6 Å². The van der Waals surface area contributed by atoms with Crippen molar-refractivity contribution in [3.8, 4) is 11.5 Å². The number of nitro benzene ring substituents is 1. The number of pyridine rings is 1. The summed E-state index contributed by atoms with van der Waals surface area (Å²) in [7, 11) is -4.57. The zero-order valence-electron chi connectivity index (χ0n) is 35.1. The Balaban J connectivity index is 0.898. The summed E-state index contributed by atoms with van der Waals surface area (Å²) in [5.41, 5.74) is 4.10. The molecule has 4 N–H and O–H groups in total. The fourth-order valence-electron chi connectivity index (χ4n) is 10.3. The summed E-state index contributed by atoms with van der Waals surface area (Å²) in [6.45, 7) is 6.38. The van der Waals surface area contributed by atoms with Crippen LogP contribution in [-0.2, 0) is 16.4 Å². The quantitative estimate of drug-likeness (QED) is 0.0518. The van der Waals surface area contributed by atoms with E-state index in [0.717, 1.165) is 113 Å². The van der Waals surface area contributed by atoms with Crippen LogP contribution in [0.1, 0.15) is 72.5 Å². The molecule has 2 aliphatic carbocycles. The van der Waals surface area contributed by atoms with Crippen molar-refractivity contribution in [2.24, 2.45) is 11.3 Å². The zero-order valence-corrected chi connectivity index (χ0v) is 36.7. The number of aliphatic hydroxyl groups excluding tert-OH is 1. The molecule has 0 unspecified atom stereocenters. The molecule has 5 aromatic rings. The molecule has 1 amide bonds. The van der Waals surface area contributed by atoms with E-state index in [0.29, 0.717) is 30.4 Å². The molecule has 17 heteroatoms. The zero-order chi connectivity index (χ0) is 43.7. The predicted molar refractivity (Wildman–Crippen MR) is 242 cm³/mol. The number of ether oxygens (including phenoxy) is 1. The number of halogens is 1. The van der Waals surface area contributed by atoms with Crippen LogP contribution < -0.4 is 19.7 Å². The van der Waals surface area contributed by atoms with Crippen molar-refractivity contribution in [3.63, 3.8) is 0 Å². The fourth-order valence-corrected chi connectivity index (χ4v) is 11.5. The van der Waals surface area contributed by atoms with Crippen LogP contribution in [-0.4, -0.2) is 103 Å². The van der Waals surface area contributed by atoms with Gasteiger partial charge in [0.15, 0.2) is 0 Å². The topological polar surface area (TPSA) is 186 Å². The largest absolute Gasteiger partial charge is 0.455 e. The normalized spacial score (nSPS) is 19.6. The highest BCUT2D eigenvalue weighted by Gasteiger charge is 2.45. The maximum atomic E-state index is 14.0. The summed E-state index contributed by atoms with van der Waals surface area (Å²) in [5, 5.41) is 26.3. The lowest BCUT2D eigenvalue weighted by molar-refractivity contribution is -0.384. The molecule has 2 saturated heterocycles. The number of benzene rings is 3. The molecule has 2 aliphatic heterocycles. The lowest BCUT2D eigenvalue weighted by atomic mass is 9.57. The number of carbonyl (C=O) groups excluding carboxylic acids is 1. The Kier molecular flexibility index (Phi) is 12.3. The van der Waals surface area contributed by atoms with Crippen LogP contribution in [0.2, 0.25) is 5.02 Å². The molecule has 3 aromatic carbocycles. The number of β-amino-alcohol motifs (C(OH)–C–C–N with tert-alkyl or cyclic N) is 1. The Morgan fingerprint density at radius 2 is 1.83 bits per heavy atom. The van der Waals surface area contributed by atoms with Gasteiger partial charge in [0.1, 0.15) is 22.8 Å². The number of nitrogens with one attached hydrogen (secondary N) is 3. The number of hydrogen-bond donors (Lipinski definition) is 4. The number of carbonyl (C=O) groups is 1. The second-order valence-corrected chi connectivity index (χ2v) is 19.6. The lowest BCUT2D eigenvalue weighted by Crippen LogP contribution is -2.49. The summed E-state index contributed by atoms with van der Waals surface area (Å²) in [6, 6.07) is 18.9. The molecular formula is C46H53ClN8O7S. The number of sulfonamides is 1. The molecule has 0 radical (unpaired) electrons. The molecule has 63 heavy (non-hydrogen) atoms. The Bertz CT molecular complexity index is 2600. The molecular weight excluding hydrogens is 844 g/mol. The highest BCUT2D eigenvalue weighted by atomic mass is 35.5. The number of nitrogens with zero attached hydrogens (tertiary/aromatic N) is 5. The van der Waals surface area contributed by atoms with E-state index in [2.05, 4.69) is 40.8 Å². The number of piperazine rings is 1. The highest BCUT2D eigenvalue weighted by Crippen LogP contribution is 2.52. The van der Waals surface area contributed by atoms with Crippen molar-refractivity contribution in [1.29, 1.82) is 0 Å². The molecule has 9 rings (SSSR count). The maximum absolute atomic E-state index is 14.0. The standard InChI is InChI=1S/C46H53ClN8O7S/c47-39-6-3-5-37-36(39)4-1-2-7-41(37)54-20-18-53(19-21-54)33-8-10-38(43(25-33)62-34-24-32-12-15-48-44(32)50-30-34)45(57)51-63(60,61)35-9-11-40(42(26-35)55(58)59)49-29-31-27-46(28-31)13-16-52(17-14-46)22-23-56/h3,5-6,8-12,15,24-26,30-31,41,49,56H,1-2,4,7,13-14,16-23,27-29H2,(H,48,50)(H,51,57)/t41-/m1/s1. The van der Waals surface area contributed by atoms with Crippen molar-refractivity contribution in [2.75, 3.05) is 69.2 Å². The van der Waals surface area contributed by atoms with E-state index in [1.165, 1.54) is 29.5 Å². The fraction of sp³-hybridized carbons (Fsp3) is 0.435. The second-order valence-electron chi connectivity index (χ2n) is 17.6. The Morgan fingerprint density at radius 1 is 1.02 bits per heavy atom. The van der Waals surface area contributed by atoms with E-state index >= 15 is 0 Å². The molecule has 1 saturated carbocycles. The number of rotatable bonds is 13. The average Bonchev–Trinajstić information content (AvgIpc) is 3.63. The number of H-pyrrole nitrogens is 1. The number of fused-ring (bicyclic) bond motifs is 2. The number of aromatic nitrogens is 2. The number of aromatic amines is 1. The van der Waals surface area contributed by atoms with E-state index < -0.39 is 31.4 Å². The van der Waals surface area contributed by atoms with Crippen molar-refractivity contribution in [2.45, 2.75) is 62.3 Å². The van der Waals surface area contributed by atoms with Crippen LogP contribution in [0.25, 0.3) is 11.0 Å². The van der Waals surface area contributed by atoms with Gasteiger partial charge in [0.05, 0.1) is 28.2 Å². The number of aliphatic hydroxyl groups is 1. The summed E-state index contributed by atoms with van der Waals surface area (Å²) in [5.74, 6) is -0.125. The number of likely N-dealkylation sites (tertiary alicyclic amines) is 1. The third-order valence-corrected chi connectivity index (χ3v) is 15.3. The van der Waals surface area contributed by atoms with Crippen LogP contribution in [0, 0.1) is 21.4 Å². The van der Waals surface area contributed by atoms with Crippen molar-refractivity contribution in [3.05, 3.63) is 111 Å². The first-order chi connectivity index (χ1) is 30.5. The van der Waals surface area contributed by atoms with Crippen LogP contribution in [0.3, 0.4) is 0 Å². The summed E-state index contributed by atoms with van der Waals surface area (Å²) < 4.78 is 36.0. The van der Waals surface area contributed by atoms with Gasteiger partial charge < -0.3 is 29.9 Å². The van der Waals surface area contributed by atoms with E-state index in [9.17, 15) is 28.4 Å². The summed E-state index contributed by atoms with van der Waals surface area (Å²) in [4.78, 5) is 39.7. The van der Waals surface area contributed by atoms with Crippen LogP contribution in [0.4, 0.5) is 17.1 Å². The van der Waals surface area contributed by atoms with Crippen LogP contribution >= 0.6 is 11.6 Å². The molecule has 332 valence electrons. The van der Waals surface area contributed by atoms with Gasteiger partial charge in [-0.05, 0) is 123 Å². The van der Waals surface area contributed by atoms with Gasteiger partial charge in [-0.15, -0.1) is 0 Å². The summed E-state index contributed by atoms with van der Waals surface area (Å²) in [6.07, 6.45) is 11.8. The Hall–Kier alpha value is -5.26. The molecule has 3 fully saturated rings. The number of piperidine rings is 1.